The molecule has 1 saturated carbocycles. The number of carbonyl (C=O) groups is 1. The van der Waals surface area contributed by atoms with Gasteiger partial charge in [-0.05, 0) is 66.5 Å². The fourth-order valence-electron chi connectivity index (χ4n) is 7.34. The molecule has 1 aromatic carbocycles. The maximum Gasteiger partial charge on any atom is 0.270 e. The summed E-state index contributed by atoms with van der Waals surface area (Å²) in [5.74, 6) is 1.04. The van der Waals surface area contributed by atoms with E-state index in [1.807, 2.05) is 12.1 Å². The molecule has 240 valence electrons. The molecule has 2 fully saturated rings. The van der Waals surface area contributed by atoms with Crippen molar-refractivity contribution in [2.75, 3.05) is 26.2 Å². The van der Waals surface area contributed by atoms with Crippen molar-refractivity contribution in [1.29, 1.82) is 0 Å². The lowest BCUT2D eigenvalue weighted by Gasteiger charge is -2.53. The van der Waals surface area contributed by atoms with E-state index in [1.54, 1.807) is 12.1 Å². The third kappa shape index (κ3) is 8.06. The number of aliphatic imine (C=N–C) groups is 1. The second-order valence-corrected chi connectivity index (χ2v) is 13.4. The number of ether oxygens (including phenoxy) is 1. The molecule has 44 heavy (non-hydrogen) atoms. The summed E-state index contributed by atoms with van der Waals surface area (Å²) in [5, 5.41) is 14.4. The standard InChI is InChI=1S/C34H48Cl2N6O2/c1-3-44-32-30(34(23(2)20-40-32)13-9-7-5-4-6-8-10-14-34)28-18-25(22-41-33-37-15-16-38-33)19-29(42-28)31(43)39-21-24-11-12-26(35)27(36)17-24/h11-12,17-19,23,30,32,40H,3-10,13-16,20-22H2,1-2H3,(H,39,43)(H2,37,38,41). The molecule has 2 aromatic rings. The van der Waals surface area contributed by atoms with Crippen LogP contribution in [0.3, 0.4) is 0 Å². The predicted molar refractivity (Wildman–Crippen MR) is 178 cm³/mol. The van der Waals surface area contributed by atoms with Crippen molar-refractivity contribution in [3.05, 3.63) is 62.9 Å². The average molecular weight is 644 g/mol. The zero-order valence-corrected chi connectivity index (χ0v) is 27.7. The van der Waals surface area contributed by atoms with Crippen molar-refractivity contribution in [3.8, 4) is 0 Å². The van der Waals surface area contributed by atoms with Gasteiger partial charge >= 0.3 is 0 Å². The Kier molecular flexibility index (Phi) is 11.8. The van der Waals surface area contributed by atoms with E-state index in [2.05, 4.69) is 46.2 Å². The molecule has 3 heterocycles. The molecule has 3 unspecified atom stereocenters. The summed E-state index contributed by atoms with van der Waals surface area (Å²) in [5.41, 5.74) is 3.24. The molecule has 3 aliphatic rings. The molecule has 1 aromatic heterocycles. The largest absolute Gasteiger partial charge is 0.363 e. The van der Waals surface area contributed by atoms with E-state index in [0.717, 1.165) is 55.3 Å². The van der Waals surface area contributed by atoms with Crippen LogP contribution in [0.2, 0.25) is 10.0 Å². The number of guanidine groups is 1. The van der Waals surface area contributed by atoms with Crippen LogP contribution in [0, 0.1) is 11.3 Å². The van der Waals surface area contributed by atoms with Crippen molar-refractivity contribution in [3.63, 3.8) is 0 Å². The van der Waals surface area contributed by atoms with Gasteiger partial charge in [0.2, 0.25) is 0 Å². The molecule has 1 aliphatic carbocycles. The summed E-state index contributed by atoms with van der Waals surface area (Å²) >= 11 is 12.3. The van der Waals surface area contributed by atoms with Gasteiger partial charge in [0.1, 0.15) is 11.9 Å². The minimum atomic E-state index is -0.222. The molecule has 10 heteroatoms. The zero-order chi connectivity index (χ0) is 30.9. The molecule has 5 rings (SSSR count). The highest BCUT2D eigenvalue weighted by molar-refractivity contribution is 6.42. The second kappa shape index (κ2) is 15.7. The average Bonchev–Trinajstić information content (AvgIpc) is 3.55. The number of carbonyl (C=O) groups excluding carboxylic acids is 1. The molecule has 1 amide bonds. The molecule has 0 bridgehead atoms. The minimum Gasteiger partial charge on any atom is -0.363 e. The number of hydrogen-bond acceptors (Lipinski definition) is 7. The van der Waals surface area contributed by atoms with Crippen LogP contribution in [0.1, 0.15) is 105 Å². The quantitative estimate of drug-likeness (QED) is 0.260. The Morgan fingerprint density at radius 2 is 1.75 bits per heavy atom. The Bertz CT molecular complexity index is 1290. The fourth-order valence-corrected chi connectivity index (χ4v) is 7.66. The maximum absolute atomic E-state index is 13.7. The second-order valence-electron chi connectivity index (χ2n) is 12.6. The van der Waals surface area contributed by atoms with Gasteiger partial charge in [-0.3, -0.25) is 15.1 Å². The molecule has 3 atom stereocenters. The summed E-state index contributed by atoms with van der Waals surface area (Å²) in [6, 6.07) is 9.48. The normalized spacial score (nSPS) is 23.9. The van der Waals surface area contributed by atoms with Crippen LogP contribution < -0.4 is 21.3 Å². The Hall–Kier alpha value is -2.39. The van der Waals surface area contributed by atoms with Gasteiger partial charge in [-0.1, -0.05) is 81.1 Å². The zero-order valence-electron chi connectivity index (χ0n) is 26.2. The first-order valence-corrected chi connectivity index (χ1v) is 17.3. The van der Waals surface area contributed by atoms with Gasteiger partial charge < -0.3 is 20.7 Å². The number of nitrogens with one attached hydrogen (secondary N) is 4. The highest BCUT2D eigenvalue weighted by Crippen LogP contribution is 2.54. The lowest BCUT2D eigenvalue weighted by Crippen LogP contribution is -2.56. The number of piperidine rings is 1. The van der Waals surface area contributed by atoms with E-state index in [0.29, 0.717) is 41.4 Å². The number of nitrogens with zero attached hydrogens (tertiary/aromatic N) is 2. The number of hydrogen-bond donors (Lipinski definition) is 4. The van der Waals surface area contributed by atoms with Crippen LogP contribution in [0.25, 0.3) is 0 Å². The molecule has 1 spiro atoms. The van der Waals surface area contributed by atoms with E-state index in [1.165, 1.54) is 44.9 Å². The summed E-state index contributed by atoms with van der Waals surface area (Å²) in [6.07, 6.45) is 11.0. The van der Waals surface area contributed by atoms with Crippen LogP contribution in [0.5, 0.6) is 0 Å². The van der Waals surface area contributed by atoms with Gasteiger partial charge in [0, 0.05) is 44.4 Å². The van der Waals surface area contributed by atoms with E-state index < -0.39 is 0 Å². The minimum absolute atomic E-state index is 0.0224. The number of halogens is 2. The van der Waals surface area contributed by atoms with Crippen molar-refractivity contribution >= 4 is 35.1 Å². The molecule has 4 N–H and O–H groups in total. The molecule has 1 saturated heterocycles. The Balaban J connectivity index is 1.51. The van der Waals surface area contributed by atoms with E-state index >= 15 is 0 Å². The first kappa shape index (κ1) is 33.0. The Morgan fingerprint density at radius 1 is 1.00 bits per heavy atom. The van der Waals surface area contributed by atoms with Gasteiger partial charge in [0.05, 0.1) is 16.6 Å². The van der Waals surface area contributed by atoms with Gasteiger partial charge in [-0.15, -0.1) is 0 Å². The van der Waals surface area contributed by atoms with E-state index in [-0.39, 0.29) is 23.5 Å². The van der Waals surface area contributed by atoms with Crippen molar-refractivity contribution in [2.45, 2.75) is 96.9 Å². The van der Waals surface area contributed by atoms with Gasteiger partial charge in [-0.25, -0.2) is 4.98 Å². The van der Waals surface area contributed by atoms with Crippen LogP contribution in [-0.4, -0.2) is 49.3 Å². The fraction of sp³-hybridized carbons (Fsp3) is 0.618. The van der Waals surface area contributed by atoms with Gasteiger partial charge in [0.15, 0.2) is 5.96 Å². The molecular formula is C34H48Cl2N6O2. The molecule has 8 nitrogen and oxygen atoms in total. The monoisotopic (exact) mass is 642 g/mol. The molecule has 2 aliphatic heterocycles. The third-order valence-corrected chi connectivity index (χ3v) is 10.4. The van der Waals surface area contributed by atoms with Crippen LogP contribution in [-0.2, 0) is 17.8 Å². The highest BCUT2D eigenvalue weighted by Gasteiger charge is 2.51. The Labute approximate surface area is 272 Å². The van der Waals surface area contributed by atoms with E-state index in [9.17, 15) is 4.79 Å². The number of pyridine rings is 1. The maximum atomic E-state index is 13.7. The summed E-state index contributed by atoms with van der Waals surface area (Å²) in [7, 11) is 0. The van der Waals surface area contributed by atoms with Crippen LogP contribution in [0.4, 0.5) is 0 Å². The van der Waals surface area contributed by atoms with Crippen molar-refractivity contribution in [2.24, 2.45) is 16.3 Å². The Morgan fingerprint density at radius 3 is 2.43 bits per heavy atom. The molecular weight excluding hydrogens is 595 g/mol. The van der Waals surface area contributed by atoms with Crippen molar-refractivity contribution < 1.29 is 9.53 Å². The first-order valence-electron chi connectivity index (χ1n) is 16.5. The lowest BCUT2D eigenvalue weighted by molar-refractivity contribution is -0.0805. The number of benzene rings is 1. The number of aromatic nitrogens is 1. The number of rotatable bonds is 8. The van der Waals surface area contributed by atoms with Gasteiger partial charge in [0.25, 0.3) is 5.91 Å². The first-order chi connectivity index (χ1) is 21.4. The SMILES string of the molecule is CCOC1NCC(C)C2(CCCCCCCCC2)C1c1cc(CNC2=NCCN2)cc(C(=O)NCc2ccc(Cl)c(Cl)c2)n1. The predicted octanol–water partition coefficient (Wildman–Crippen LogP) is 6.56. The highest BCUT2D eigenvalue weighted by atomic mass is 35.5. The smallest absolute Gasteiger partial charge is 0.270 e. The topological polar surface area (TPSA) is 99.7 Å². The van der Waals surface area contributed by atoms with E-state index in [4.69, 9.17) is 32.9 Å². The summed E-state index contributed by atoms with van der Waals surface area (Å²) < 4.78 is 6.44. The lowest BCUT2D eigenvalue weighted by atomic mass is 9.58. The summed E-state index contributed by atoms with van der Waals surface area (Å²) in [6.45, 7) is 8.44. The third-order valence-electron chi connectivity index (χ3n) is 9.69. The van der Waals surface area contributed by atoms with Gasteiger partial charge in [-0.2, -0.15) is 0 Å². The molecule has 0 radical (unpaired) electrons. The summed E-state index contributed by atoms with van der Waals surface area (Å²) in [4.78, 5) is 23.3. The van der Waals surface area contributed by atoms with Crippen LogP contribution in [0.15, 0.2) is 35.3 Å². The van der Waals surface area contributed by atoms with Crippen molar-refractivity contribution in [1.82, 2.24) is 26.3 Å². The number of amides is 1. The van der Waals surface area contributed by atoms with Crippen LogP contribution >= 0.6 is 23.2 Å².